The van der Waals surface area contributed by atoms with Crippen molar-refractivity contribution in [1.82, 2.24) is 4.90 Å². The lowest BCUT2D eigenvalue weighted by Gasteiger charge is -2.19. The fourth-order valence-corrected chi connectivity index (χ4v) is 3.87. The van der Waals surface area contributed by atoms with E-state index in [9.17, 15) is 9.59 Å². The molecule has 2 amide bonds. The Hall–Kier alpha value is -3.72. The Morgan fingerprint density at radius 3 is 1.73 bits per heavy atom. The van der Waals surface area contributed by atoms with Crippen LogP contribution in [-0.2, 0) is 0 Å². The first-order valence-corrected chi connectivity index (χ1v) is 9.98. The largest absolute Gasteiger partial charge is 0.270 e. The maximum absolute atomic E-state index is 12.7. The van der Waals surface area contributed by atoms with Gasteiger partial charge in [0.1, 0.15) is 0 Å². The highest BCUT2D eigenvalue weighted by Gasteiger charge is 2.35. The molecule has 1 heterocycles. The fraction of sp³-hybridized carbons (Fsp3) is 0.111. The molecule has 0 N–H and O–H groups in total. The van der Waals surface area contributed by atoms with Gasteiger partial charge in [0.2, 0.25) is 0 Å². The second-order valence-electron chi connectivity index (χ2n) is 7.50. The van der Waals surface area contributed by atoms with Gasteiger partial charge in [0.05, 0.1) is 17.7 Å². The van der Waals surface area contributed by atoms with Crippen molar-refractivity contribution in [2.45, 2.75) is 13.3 Å². The Balaban J connectivity index is 1.61. The third-order valence-corrected chi connectivity index (χ3v) is 5.47. The topological polar surface area (TPSA) is 37.4 Å². The number of hydrogen-bond donors (Lipinski definition) is 0. The number of fused-ring (bicyclic) bond motifs is 1. The van der Waals surface area contributed by atoms with Crippen LogP contribution < -0.4 is 0 Å². The molecular formula is C27H23NO2. The molecule has 1 aliphatic rings. The van der Waals surface area contributed by atoms with E-state index in [4.69, 9.17) is 0 Å². The summed E-state index contributed by atoms with van der Waals surface area (Å²) >= 11 is 0. The molecule has 3 nitrogen and oxygen atoms in total. The highest BCUT2D eigenvalue weighted by Crippen LogP contribution is 2.32. The lowest BCUT2D eigenvalue weighted by atomic mass is 9.91. The van der Waals surface area contributed by atoms with Gasteiger partial charge in [0, 0.05) is 0 Å². The van der Waals surface area contributed by atoms with E-state index in [-0.39, 0.29) is 18.4 Å². The molecular weight excluding hydrogens is 370 g/mol. The maximum atomic E-state index is 12.7. The average Bonchev–Trinajstić information content (AvgIpc) is 3.03. The van der Waals surface area contributed by atoms with Crippen molar-refractivity contribution in [2.24, 2.45) is 0 Å². The predicted octanol–water partition coefficient (Wildman–Crippen LogP) is 5.86. The SMILES string of the molecule is C=C(C/C(=C(\C)c1ccccc1)c1ccccc1)CN1C(=O)c2ccccc2C1=O. The summed E-state index contributed by atoms with van der Waals surface area (Å²) < 4.78 is 0. The highest BCUT2D eigenvalue weighted by atomic mass is 16.2. The molecule has 0 fully saturated rings. The highest BCUT2D eigenvalue weighted by molar-refractivity contribution is 6.21. The third-order valence-electron chi connectivity index (χ3n) is 5.47. The Morgan fingerprint density at radius 1 is 0.733 bits per heavy atom. The second kappa shape index (κ2) is 8.34. The van der Waals surface area contributed by atoms with Gasteiger partial charge in [-0.2, -0.15) is 0 Å². The predicted molar refractivity (Wildman–Crippen MR) is 121 cm³/mol. The number of imide groups is 1. The van der Waals surface area contributed by atoms with Crippen molar-refractivity contribution in [1.29, 1.82) is 0 Å². The molecule has 3 aromatic rings. The summed E-state index contributed by atoms with van der Waals surface area (Å²) in [5.74, 6) is -0.497. The zero-order chi connectivity index (χ0) is 21.1. The van der Waals surface area contributed by atoms with Crippen molar-refractivity contribution in [3.05, 3.63) is 119 Å². The Labute approximate surface area is 177 Å². The van der Waals surface area contributed by atoms with Crippen LogP contribution in [0, 0.1) is 0 Å². The first kappa shape index (κ1) is 19.6. The van der Waals surface area contributed by atoms with Crippen LogP contribution >= 0.6 is 0 Å². The smallest absolute Gasteiger partial charge is 0.261 e. The van der Waals surface area contributed by atoms with E-state index in [1.165, 1.54) is 4.90 Å². The quantitative estimate of drug-likeness (QED) is 0.299. The van der Waals surface area contributed by atoms with Gasteiger partial charge in [-0.3, -0.25) is 14.5 Å². The molecule has 4 rings (SSSR count). The number of benzene rings is 3. The van der Waals surface area contributed by atoms with Crippen molar-refractivity contribution < 1.29 is 9.59 Å². The zero-order valence-electron chi connectivity index (χ0n) is 17.0. The number of nitrogens with zero attached hydrogens (tertiary/aromatic N) is 1. The van der Waals surface area contributed by atoms with Crippen LogP contribution in [0.5, 0.6) is 0 Å². The lowest BCUT2D eigenvalue weighted by molar-refractivity contribution is 0.0667. The van der Waals surface area contributed by atoms with Gasteiger partial charge in [-0.15, -0.1) is 0 Å². The number of carbonyl (C=O) groups is 2. The van der Waals surface area contributed by atoms with Gasteiger partial charge in [-0.1, -0.05) is 84.9 Å². The molecule has 0 bridgehead atoms. The molecule has 0 atom stereocenters. The second-order valence-corrected chi connectivity index (χ2v) is 7.50. The summed E-state index contributed by atoms with van der Waals surface area (Å²) in [7, 11) is 0. The number of amides is 2. The van der Waals surface area contributed by atoms with E-state index in [0.29, 0.717) is 17.5 Å². The van der Waals surface area contributed by atoms with E-state index in [1.807, 2.05) is 36.4 Å². The Kier molecular flexibility index (Phi) is 5.44. The minimum atomic E-state index is -0.248. The molecule has 0 unspecified atom stereocenters. The molecule has 3 aromatic carbocycles. The van der Waals surface area contributed by atoms with E-state index in [0.717, 1.165) is 27.8 Å². The Morgan fingerprint density at radius 2 is 1.20 bits per heavy atom. The van der Waals surface area contributed by atoms with Crippen LogP contribution in [-0.4, -0.2) is 23.3 Å². The summed E-state index contributed by atoms with van der Waals surface area (Å²) in [6, 6.07) is 27.4. The molecule has 0 radical (unpaired) electrons. The molecule has 1 aliphatic heterocycles. The summed E-state index contributed by atoms with van der Waals surface area (Å²) in [4.78, 5) is 26.7. The van der Waals surface area contributed by atoms with Crippen molar-refractivity contribution in [2.75, 3.05) is 6.54 Å². The van der Waals surface area contributed by atoms with Gasteiger partial charge < -0.3 is 0 Å². The van der Waals surface area contributed by atoms with Crippen LogP contribution in [0.3, 0.4) is 0 Å². The zero-order valence-corrected chi connectivity index (χ0v) is 17.0. The third kappa shape index (κ3) is 3.74. The van der Waals surface area contributed by atoms with Gasteiger partial charge in [0.25, 0.3) is 11.8 Å². The van der Waals surface area contributed by atoms with Gasteiger partial charge in [-0.05, 0) is 47.8 Å². The van der Waals surface area contributed by atoms with Gasteiger partial charge >= 0.3 is 0 Å². The molecule has 0 saturated heterocycles. The minimum absolute atomic E-state index is 0.213. The molecule has 0 aromatic heterocycles. The van der Waals surface area contributed by atoms with E-state index in [1.54, 1.807) is 24.3 Å². The first-order chi connectivity index (χ1) is 14.6. The van der Waals surface area contributed by atoms with Crippen LogP contribution in [0.4, 0.5) is 0 Å². The first-order valence-electron chi connectivity index (χ1n) is 9.98. The molecule has 0 saturated carbocycles. The van der Waals surface area contributed by atoms with E-state index in [2.05, 4.69) is 37.8 Å². The van der Waals surface area contributed by atoms with E-state index < -0.39 is 0 Å². The average molecular weight is 393 g/mol. The van der Waals surface area contributed by atoms with Gasteiger partial charge in [0.15, 0.2) is 0 Å². The summed E-state index contributed by atoms with van der Waals surface area (Å²) in [5.41, 5.74) is 6.31. The standard InChI is InChI=1S/C27H23NO2/c1-19(18-28-26(29)23-15-9-10-16-24(23)27(28)30)17-25(22-13-7-4-8-14-22)20(2)21-11-5-3-6-12-21/h3-16H,1,17-18H2,2H3/b25-20-. The fourth-order valence-electron chi connectivity index (χ4n) is 3.87. The molecule has 3 heteroatoms. The molecule has 0 aliphatic carbocycles. The van der Waals surface area contributed by atoms with Crippen LogP contribution in [0.1, 0.15) is 45.2 Å². The summed E-state index contributed by atoms with van der Waals surface area (Å²) in [6.45, 7) is 6.53. The van der Waals surface area contributed by atoms with E-state index >= 15 is 0 Å². The van der Waals surface area contributed by atoms with Crippen LogP contribution in [0.15, 0.2) is 97.1 Å². The number of hydrogen-bond acceptors (Lipinski definition) is 2. The summed E-state index contributed by atoms with van der Waals surface area (Å²) in [5, 5.41) is 0. The Bertz CT molecular complexity index is 1110. The molecule has 0 spiro atoms. The minimum Gasteiger partial charge on any atom is -0.270 e. The summed E-state index contributed by atoms with van der Waals surface area (Å²) in [6.07, 6.45) is 0.581. The van der Waals surface area contributed by atoms with Crippen LogP contribution in [0.25, 0.3) is 11.1 Å². The number of carbonyl (C=O) groups excluding carboxylic acids is 2. The molecule has 30 heavy (non-hydrogen) atoms. The van der Waals surface area contributed by atoms with Crippen molar-refractivity contribution >= 4 is 23.0 Å². The lowest BCUT2D eigenvalue weighted by Crippen LogP contribution is -2.31. The molecule has 148 valence electrons. The maximum Gasteiger partial charge on any atom is 0.261 e. The number of allylic oxidation sites excluding steroid dienone is 2. The van der Waals surface area contributed by atoms with Crippen LogP contribution in [0.2, 0.25) is 0 Å². The van der Waals surface area contributed by atoms with Crippen molar-refractivity contribution in [3.8, 4) is 0 Å². The normalized spacial score (nSPS) is 13.8. The van der Waals surface area contributed by atoms with Gasteiger partial charge in [-0.25, -0.2) is 0 Å². The monoisotopic (exact) mass is 393 g/mol. The van der Waals surface area contributed by atoms with Crippen molar-refractivity contribution in [3.63, 3.8) is 0 Å². The number of rotatable bonds is 6.